The summed E-state index contributed by atoms with van der Waals surface area (Å²) in [5, 5.41) is 2.89. The Morgan fingerprint density at radius 2 is 2.22 bits per heavy atom. The molecule has 2 heterocycles. The molecule has 0 spiro atoms. The number of aromatic nitrogens is 1. The number of pyridine rings is 1. The Bertz CT molecular complexity index is 336. The number of nitrogens with zero attached hydrogens (tertiary/aromatic N) is 2. The third kappa shape index (κ3) is 5.60. The molecule has 0 amide bonds. The van der Waals surface area contributed by atoms with Crippen molar-refractivity contribution in [3.63, 3.8) is 0 Å². The number of hydrogen-bond acceptors (Lipinski definition) is 6. The molecule has 0 unspecified atom stereocenters. The van der Waals surface area contributed by atoms with Gasteiger partial charge in [-0.05, 0) is 12.1 Å². The number of rotatable bonds is 3. The van der Waals surface area contributed by atoms with Crippen molar-refractivity contribution in [2.45, 2.75) is 0 Å². The van der Waals surface area contributed by atoms with Crippen molar-refractivity contribution in [3.8, 4) is 0 Å². The van der Waals surface area contributed by atoms with E-state index in [1.807, 2.05) is 13.1 Å². The van der Waals surface area contributed by atoms with Crippen LogP contribution in [0.15, 0.2) is 18.3 Å². The van der Waals surface area contributed by atoms with Crippen molar-refractivity contribution < 1.29 is 9.53 Å². The van der Waals surface area contributed by atoms with Crippen LogP contribution in [-0.4, -0.2) is 56.1 Å². The van der Waals surface area contributed by atoms with E-state index < -0.39 is 0 Å². The molecule has 0 bridgehead atoms. The molecule has 1 saturated heterocycles. The summed E-state index contributed by atoms with van der Waals surface area (Å²) in [6.07, 6.45) is 2.55. The Morgan fingerprint density at radius 3 is 2.72 bits per heavy atom. The molecule has 0 aromatic carbocycles. The second-order valence-corrected chi connectivity index (χ2v) is 3.81. The molecular formula is C12H20N4O2. The van der Waals surface area contributed by atoms with Gasteiger partial charge >= 0.3 is 0 Å². The maximum Gasteiger partial charge on any atom is 0.133 e. The lowest BCUT2D eigenvalue weighted by atomic mass is 10.4. The number of carbonyl (C=O) groups is 1. The molecule has 2 rings (SSSR count). The van der Waals surface area contributed by atoms with Crippen LogP contribution in [0.5, 0.6) is 0 Å². The molecular weight excluding hydrogens is 232 g/mol. The zero-order chi connectivity index (χ0) is 13.2. The summed E-state index contributed by atoms with van der Waals surface area (Å²) in [4.78, 5) is 16.0. The molecule has 100 valence electrons. The summed E-state index contributed by atoms with van der Waals surface area (Å²) in [7, 11) is 1.82. The lowest BCUT2D eigenvalue weighted by Gasteiger charge is -2.23. The molecule has 1 aliphatic heterocycles. The normalized spacial score (nSPS) is 15.4. The highest BCUT2D eigenvalue weighted by Gasteiger charge is 2.07. The van der Waals surface area contributed by atoms with Crippen molar-refractivity contribution >= 4 is 17.8 Å². The van der Waals surface area contributed by atoms with Crippen LogP contribution in [0.1, 0.15) is 0 Å². The van der Waals surface area contributed by atoms with Gasteiger partial charge in [0, 0.05) is 20.1 Å². The van der Waals surface area contributed by atoms with E-state index in [4.69, 9.17) is 10.5 Å². The minimum absolute atomic E-state index is 0.559. The third-order valence-corrected chi connectivity index (χ3v) is 2.48. The topological polar surface area (TPSA) is 80.5 Å². The summed E-state index contributed by atoms with van der Waals surface area (Å²) in [5.74, 6) is 0.837. The third-order valence-electron chi connectivity index (χ3n) is 2.48. The van der Waals surface area contributed by atoms with E-state index in [9.17, 15) is 4.79 Å². The van der Waals surface area contributed by atoms with Crippen molar-refractivity contribution in [1.29, 1.82) is 0 Å². The summed E-state index contributed by atoms with van der Waals surface area (Å²) < 4.78 is 5.09. The SMILES string of the molecule is CNc1ccc(N)cn1.O=CCN1CCOCC1. The van der Waals surface area contributed by atoms with Crippen LogP contribution in [0, 0.1) is 0 Å². The second-order valence-electron chi connectivity index (χ2n) is 3.81. The largest absolute Gasteiger partial charge is 0.397 e. The highest BCUT2D eigenvalue weighted by Crippen LogP contribution is 2.03. The fourth-order valence-electron chi connectivity index (χ4n) is 1.44. The lowest BCUT2D eigenvalue weighted by molar-refractivity contribution is -0.109. The average Bonchev–Trinajstić information content (AvgIpc) is 2.42. The van der Waals surface area contributed by atoms with Crippen LogP contribution in [0.4, 0.5) is 11.5 Å². The molecule has 6 nitrogen and oxygen atoms in total. The van der Waals surface area contributed by atoms with Crippen LogP contribution in [0.25, 0.3) is 0 Å². The van der Waals surface area contributed by atoms with Crippen molar-refractivity contribution in [2.75, 3.05) is 50.9 Å². The van der Waals surface area contributed by atoms with Gasteiger partial charge in [0.05, 0.1) is 31.6 Å². The zero-order valence-corrected chi connectivity index (χ0v) is 10.6. The monoisotopic (exact) mass is 252 g/mol. The van der Waals surface area contributed by atoms with Crippen LogP contribution >= 0.6 is 0 Å². The molecule has 0 aliphatic carbocycles. The predicted molar refractivity (Wildman–Crippen MR) is 71.5 cm³/mol. The average molecular weight is 252 g/mol. The highest BCUT2D eigenvalue weighted by atomic mass is 16.5. The highest BCUT2D eigenvalue weighted by molar-refractivity contribution is 5.51. The first-order valence-electron chi connectivity index (χ1n) is 5.89. The Kier molecular flexibility index (Phi) is 6.75. The van der Waals surface area contributed by atoms with Gasteiger partial charge in [0.15, 0.2) is 0 Å². The van der Waals surface area contributed by atoms with Gasteiger partial charge in [0.2, 0.25) is 0 Å². The number of carbonyl (C=O) groups excluding carboxylic acids is 1. The van der Waals surface area contributed by atoms with E-state index in [-0.39, 0.29) is 0 Å². The van der Waals surface area contributed by atoms with E-state index in [2.05, 4.69) is 15.2 Å². The molecule has 1 aromatic heterocycles. The Morgan fingerprint density at radius 1 is 1.50 bits per heavy atom. The van der Waals surface area contributed by atoms with Crippen molar-refractivity contribution in [3.05, 3.63) is 18.3 Å². The van der Waals surface area contributed by atoms with Crippen LogP contribution in [0.2, 0.25) is 0 Å². The van der Waals surface area contributed by atoms with Gasteiger partial charge in [-0.2, -0.15) is 0 Å². The Labute approximate surface area is 107 Å². The van der Waals surface area contributed by atoms with Crippen LogP contribution in [0.3, 0.4) is 0 Å². The molecule has 0 atom stereocenters. The van der Waals surface area contributed by atoms with Gasteiger partial charge in [0.25, 0.3) is 0 Å². The van der Waals surface area contributed by atoms with E-state index >= 15 is 0 Å². The fourth-order valence-corrected chi connectivity index (χ4v) is 1.44. The molecule has 0 saturated carbocycles. The fraction of sp³-hybridized carbons (Fsp3) is 0.500. The number of morpholine rings is 1. The van der Waals surface area contributed by atoms with Crippen molar-refractivity contribution in [2.24, 2.45) is 0 Å². The maximum absolute atomic E-state index is 9.99. The molecule has 1 aromatic rings. The molecule has 18 heavy (non-hydrogen) atoms. The van der Waals surface area contributed by atoms with Gasteiger partial charge in [-0.15, -0.1) is 0 Å². The van der Waals surface area contributed by atoms with Gasteiger partial charge in [0.1, 0.15) is 12.1 Å². The van der Waals surface area contributed by atoms with Crippen LogP contribution in [-0.2, 0) is 9.53 Å². The molecule has 1 fully saturated rings. The standard InChI is InChI=1S/C6H9N3.C6H11NO2/c1-8-6-3-2-5(7)4-9-6;8-4-1-7-2-5-9-6-3-7/h2-4H,7H2,1H3,(H,8,9);4H,1-3,5-6H2. The lowest BCUT2D eigenvalue weighted by Crippen LogP contribution is -2.37. The summed E-state index contributed by atoms with van der Waals surface area (Å²) in [6, 6.07) is 3.63. The number of aldehydes is 1. The minimum atomic E-state index is 0.559. The smallest absolute Gasteiger partial charge is 0.133 e. The number of hydrogen-bond donors (Lipinski definition) is 2. The van der Waals surface area contributed by atoms with Gasteiger partial charge < -0.3 is 20.6 Å². The first-order valence-corrected chi connectivity index (χ1v) is 5.89. The van der Waals surface area contributed by atoms with Crippen LogP contribution < -0.4 is 11.1 Å². The summed E-state index contributed by atoms with van der Waals surface area (Å²) >= 11 is 0. The first-order chi connectivity index (χ1) is 8.76. The molecule has 1 aliphatic rings. The molecule has 6 heteroatoms. The number of anilines is 2. The van der Waals surface area contributed by atoms with E-state index in [1.54, 1.807) is 12.3 Å². The van der Waals surface area contributed by atoms with E-state index in [0.29, 0.717) is 12.2 Å². The Hall–Kier alpha value is -1.66. The number of ether oxygens (including phenoxy) is 1. The van der Waals surface area contributed by atoms with E-state index in [1.165, 1.54) is 0 Å². The predicted octanol–water partition coefficient (Wildman–Crippen LogP) is 0.223. The number of nitrogens with two attached hydrogens (primary N) is 1. The van der Waals surface area contributed by atoms with Gasteiger partial charge in [-0.25, -0.2) is 4.98 Å². The molecule has 3 N–H and O–H groups in total. The van der Waals surface area contributed by atoms with Gasteiger partial charge in [-0.1, -0.05) is 0 Å². The number of nitrogens with one attached hydrogen (secondary N) is 1. The second kappa shape index (κ2) is 8.43. The van der Waals surface area contributed by atoms with E-state index in [0.717, 1.165) is 38.4 Å². The Balaban J connectivity index is 0.000000180. The molecule has 0 radical (unpaired) electrons. The maximum atomic E-state index is 9.99. The van der Waals surface area contributed by atoms with Crippen molar-refractivity contribution in [1.82, 2.24) is 9.88 Å². The number of nitrogen functional groups attached to an aromatic ring is 1. The van der Waals surface area contributed by atoms with Gasteiger partial charge in [-0.3, -0.25) is 4.90 Å². The quantitative estimate of drug-likeness (QED) is 0.749. The summed E-state index contributed by atoms with van der Waals surface area (Å²) in [6.45, 7) is 3.91. The first kappa shape index (κ1) is 14.4. The minimum Gasteiger partial charge on any atom is -0.397 e. The summed E-state index contributed by atoms with van der Waals surface area (Å²) in [5.41, 5.74) is 6.08. The zero-order valence-electron chi connectivity index (χ0n) is 10.6.